The molecule has 38 heavy (non-hydrogen) atoms. The molecule has 1 heterocycles. The van der Waals surface area contributed by atoms with Gasteiger partial charge in [-0.1, -0.05) is 55.5 Å². The van der Waals surface area contributed by atoms with Gasteiger partial charge in [-0.2, -0.15) is 0 Å². The summed E-state index contributed by atoms with van der Waals surface area (Å²) >= 11 is 0. The van der Waals surface area contributed by atoms with Gasteiger partial charge in [0.15, 0.2) is 0 Å². The van der Waals surface area contributed by atoms with Gasteiger partial charge in [-0.05, 0) is 36.6 Å². The fourth-order valence-corrected chi connectivity index (χ4v) is 5.45. The second-order valence-corrected chi connectivity index (χ2v) is 10.6. The van der Waals surface area contributed by atoms with Crippen LogP contribution in [-0.4, -0.2) is 42.9 Å². The summed E-state index contributed by atoms with van der Waals surface area (Å²) in [5.41, 5.74) is -1.52. The van der Waals surface area contributed by atoms with Crippen molar-refractivity contribution in [3.05, 3.63) is 102 Å². The van der Waals surface area contributed by atoms with E-state index in [9.17, 15) is 27.1 Å². The summed E-state index contributed by atoms with van der Waals surface area (Å²) in [5.74, 6) is -3.01. The number of hydrogen-bond acceptors (Lipinski definition) is 5. The van der Waals surface area contributed by atoms with Crippen molar-refractivity contribution in [2.45, 2.75) is 30.3 Å². The Hall–Kier alpha value is -3.89. The third kappa shape index (κ3) is 5.51. The van der Waals surface area contributed by atoms with Gasteiger partial charge in [-0.25, -0.2) is 17.2 Å². The number of carbonyl (C=O) groups is 1. The number of pyridine rings is 1. The predicted octanol–water partition coefficient (Wildman–Crippen LogP) is 5.07. The quantitative estimate of drug-likeness (QED) is 0.309. The van der Waals surface area contributed by atoms with E-state index in [-0.39, 0.29) is 23.4 Å². The molecule has 0 aliphatic rings. The number of aromatic nitrogens is 1. The summed E-state index contributed by atoms with van der Waals surface area (Å²) in [6.07, 6.45) is 2.00. The highest BCUT2D eigenvalue weighted by Crippen LogP contribution is 2.30. The first kappa shape index (κ1) is 27.2. The van der Waals surface area contributed by atoms with Crippen LogP contribution in [0.5, 0.6) is 0 Å². The van der Waals surface area contributed by atoms with Gasteiger partial charge in [-0.15, -0.1) is 0 Å². The van der Waals surface area contributed by atoms with E-state index in [0.717, 1.165) is 0 Å². The van der Waals surface area contributed by atoms with Gasteiger partial charge in [0.25, 0.3) is 15.9 Å². The number of fused-ring (bicyclic) bond motifs is 1. The topological polar surface area (TPSA) is 99.6 Å². The molecule has 1 amide bonds. The van der Waals surface area contributed by atoms with Crippen LogP contribution in [0.4, 0.5) is 14.5 Å². The van der Waals surface area contributed by atoms with E-state index in [2.05, 4.69) is 9.71 Å². The van der Waals surface area contributed by atoms with Gasteiger partial charge in [0.1, 0.15) is 16.5 Å². The summed E-state index contributed by atoms with van der Waals surface area (Å²) in [7, 11) is -2.90. The van der Waals surface area contributed by atoms with Gasteiger partial charge in [0, 0.05) is 31.2 Å². The van der Waals surface area contributed by atoms with Crippen molar-refractivity contribution in [3.8, 4) is 0 Å². The number of sulfonamides is 1. The molecule has 1 unspecified atom stereocenters. The molecule has 10 heteroatoms. The number of nitrogens with one attached hydrogen (secondary N) is 1. The number of benzene rings is 3. The molecule has 0 saturated carbocycles. The van der Waals surface area contributed by atoms with Gasteiger partial charge in [0.05, 0.1) is 22.4 Å². The van der Waals surface area contributed by atoms with Crippen LogP contribution < -0.4 is 4.72 Å². The Bertz CT molecular complexity index is 1580. The Morgan fingerprint density at radius 1 is 1.03 bits per heavy atom. The van der Waals surface area contributed by atoms with Crippen LogP contribution in [-0.2, 0) is 15.6 Å². The molecule has 0 fully saturated rings. The smallest absolute Gasteiger partial charge is 0.264 e. The predicted molar refractivity (Wildman–Crippen MR) is 141 cm³/mol. The maximum absolute atomic E-state index is 15.0. The number of anilines is 1. The van der Waals surface area contributed by atoms with E-state index >= 15 is 0 Å². The third-order valence-corrected chi connectivity index (χ3v) is 7.92. The van der Waals surface area contributed by atoms with Crippen LogP contribution in [0.2, 0.25) is 0 Å². The number of para-hydroxylation sites is 1. The Kier molecular flexibility index (Phi) is 7.75. The lowest BCUT2D eigenvalue weighted by molar-refractivity contribution is 0.0155. The van der Waals surface area contributed by atoms with Crippen LogP contribution in [0, 0.1) is 11.6 Å². The fourth-order valence-electron chi connectivity index (χ4n) is 4.22. The Morgan fingerprint density at radius 2 is 1.74 bits per heavy atom. The normalized spacial score (nSPS) is 13.2. The Morgan fingerprint density at radius 3 is 2.45 bits per heavy atom. The first-order valence-electron chi connectivity index (χ1n) is 11.9. The number of hydrogen-bond donors (Lipinski definition) is 2. The molecule has 7 nitrogen and oxygen atoms in total. The van der Waals surface area contributed by atoms with Crippen molar-refractivity contribution in [2.24, 2.45) is 0 Å². The summed E-state index contributed by atoms with van der Waals surface area (Å²) in [6, 6.07) is 18.1. The molecular formula is C28H27F2N3O4S. The molecule has 0 radical (unpaired) electrons. The number of rotatable bonds is 9. The molecule has 4 aromatic rings. The maximum Gasteiger partial charge on any atom is 0.264 e. The van der Waals surface area contributed by atoms with E-state index in [1.165, 1.54) is 30.3 Å². The van der Waals surface area contributed by atoms with Crippen LogP contribution in [0.1, 0.15) is 35.7 Å². The molecule has 3 aromatic carbocycles. The van der Waals surface area contributed by atoms with E-state index in [4.69, 9.17) is 0 Å². The highest BCUT2D eigenvalue weighted by Gasteiger charge is 2.29. The van der Waals surface area contributed by atoms with Crippen molar-refractivity contribution in [3.63, 3.8) is 0 Å². The molecule has 0 aliphatic heterocycles. The Labute approximate surface area is 219 Å². The summed E-state index contributed by atoms with van der Waals surface area (Å²) in [4.78, 5) is 18.0. The lowest BCUT2D eigenvalue weighted by Gasteiger charge is -2.30. The molecule has 1 aromatic heterocycles. The number of nitrogens with zero attached hydrogens (tertiary/aromatic N) is 2. The summed E-state index contributed by atoms with van der Waals surface area (Å²) < 4.78 is 58.0. The van der Waals surface area contributed by atoms with Gasteiger partial charge >= 0.3 is 0 Å². The van der Waals surface area contributed by atoms with Crippen molar-refractivity contribution in [1.29, 1.82) is 0 Å². The van der Waals surface area contributed by atoms with Crippen molar-refractivity contribution in [2.75, 3.05) is 18.3 Å². The van der Waals surface area contributed by atoms with E-state index in [1.807, 2.05) is 13.0 Å². The van der Waals surface area contributed by atoms with Crippen molar-refractivity contribution >= 4 is 32.5 Å². The SMILES string of the molecule is CCC(O)(CCN(C)C(=O)c1cc(F)c(NS(=O)(=O)c2cccc3cccnc23)cc1F)c1ccccc1. The minimum atomic E-state index is -4.33. The van der Waals surface area contributed by atoms with Crippen LogP contribution in [0.3, 0.4) is 0 Å². The molecule has 0 bridgehead atoms. The number of carbonyl (C=O) groups excluding carboxylic acids is 1. The number of halogens is 2. The maximum atomic E-state index is 15.0. The highest BCUT2D eigenvalue weighted by atomic mass is 32.2. The first-order valence-corrected chi connectivity index (χ1v) is 13.4. The molecule has 0 saturated heterocycles. The van der Waals surface area contributed by atoms with Crippen LogP contribution >= 0.6 is 0 Å². The van der Waals surface area contributed by atoms with Gasteiger partial charge in [-0.3, -0.25) is 14.5 Å². The average Bonchev–Trinajstić information content (AvgIpc) is 2.93. The molecule has 198 valence electrons. The average molecular weight is 540 g/mol. The van der Waals surface area contributed by atoms with Crippen molar-refractivity contribution in [1.82, 2.24) is 9.88 Å². The molecule has 0 aliphatic carbocycles. The third-order valence-electron chi connectivity index (χ3n) is 6.52. The monoisotopic (exact) mass is 539 g/mol. The van der Waals surface area contributed by atoms with Gasteiger partial charge in [0.2, 0.25) is 0 Å². The van der Waals surface area contributed by atoms with Crippen LogP contribution in [0.25, 0.3) is 10.9 Å². The summed E-state index contributed by atoms with van der Waals surface area (Å²) in [5, 5.41) is 11.6. The highest BCUT2D eigenvalue weighted by molar-refractivity contribution is 7.93. The Balaban J connectivity index is 1.53. The minimum Gasteiger partial charge on any atom is -0.385 e. The molecule has 2 N–H and O–H groups in total. The lowest BCUT2D eigenvalue weighted by atomic mass is 9.88. The van der Waals surface area contributed by atoms with E-state index in [0.29, 0.717) is 29.5 Å². The second kappa shape index (κ2) is 10.8. The second-order valence-electron chi connectivity index (χ2n) is 8.98. The zero-order valence-electron chi connectivity index (χ0n) is 20.9. The van der Waals surface area contributed by atoms with E-state index in [1.54, 1.807) is 42.5 Å². The fraction of sp³-hybridized carbons (Fsp3) is 0.214. The van der Waals surface area contributed by atoms with Gasteiger partial charge < -0.3 is 10.0 Å². The molecular weight excluding hydrogens is 512 g/mol. The largest absolute Gasteiger partial charge is 0.385 e. The van der Waals surface area contributed by atoms with Crippen molar-refractivity contribution < 1.29 is 27.1 Å². The zero-order chi connectivity index (χ0) is 27.5. The number of aliphatic hydroxyl groups is 1. The standard InChI is InChI=1S/C28H27F2N3O4S/c1-3-28(35,20-11-5-4-6-12-20)14-16-33(2)27(34)21-17-23(30)24(18-22(21)29)32-38(36,37)25-13-7-9-19-10-8-15-31-26(19)25/h4-13,15,17-18,32,35H,3,14,16H2,1-2H3. The zero-order valence-corrected chi connectivity index (χ0v) is 21.7. The molecule has 0 spiro atoms. The molecule has 4 rings (SSSR count). The lowest BCUT2D eigenvalue weighted by Crippen LogP contribution is -2.34. The summed E-state index contributed by atoms with van der Waals surface area (Å²) in [6.45, 7) is 1.89. The molecule has 1 atom stereocenters. The number of amides is 1. The van der Waals surface area contributed by atoms with E-state index < -0.39 is 44.4 Å². The minimum absolute atomic E-state index is 0.0710. The first-order chi connectivity index (χ1) is 18.1. The van der Waals surface area contributed by atoms with Crippen LogP contribution in [0.15, 0.2) is 83.9 Å².